The molecule has 0 unspecified atom stereocenters. The number of benzene rings is 2. The lowest BCUT2D eigenvalue weighted by molar-refractivity contribution is 0.0697. The second-order valence-electron chi connectivity index (χ2n) is 5.27. The molecule has 0 amide bonds. The van der Waals surface area contributed by atoms with Crippen molar-refractivity contribution in [3.05, 3.63) is 58.6 Å². The van der Waals surface area contributed by atoms with Gasteiger partial charge in [-0.1, -0.05) is 29.8 Å². The van der Waals surface area contributed by atoms with Crippen LogP contribution in [0.3, 0.4) is 0 Å². The predicted octanol–water partition coefficient (Wildman–Crippen LogP) is 3.17. The van der Waals surface area contributed by atoms with Crippen molar-refractivity contribution in [2.75, 3.05) is 5.32 Å². The van der Waals surface area contributed by atoms with Crippen molar-refractivity contribution in [1.82, 2.24) is 19.6 Å². The van der Waals surface area contributed by atoms with Gasteiger partial charge < -0.3 is 10.4 Å². The number of fused-ring (bicyclic) bond motifs is 3. The number of imidazole rings is 1. The zero-order valence-electron chi connectivity index (χ0n) is 12.3. The lowest BCUT2D eigenvalue weighted by Gasteiger charge is -2.04. The van der Waals surface area contributed by atoms with Crippen molar-refractivity contribution in [1.29, 1.82) is 0 Å². The Balaban J connectivity index is 1.64. The predicted molar refractivity (Wildman–Crippen MR) is 90.6 cm³/mol. The summed E-state index contributed by atoms with van der Waals surface area (Å²) in [6.45, 7) is 0.525. The summed E-state index contributed by atoms with van der Waals surface area (Å²) in [6.07, 6.45) is 0. The molecule has 7 nitrogen and oxygen atoms in total. The summed E-state index contributed by atoms with van der Waals surface area (Å²) in [7, 11) is 0. The SMILES string of the molecule is O=C(O)c1ccc2c(c1)nc1nc(NCc3ccccc3Cl)[nH]n12. The third-order valence-electron chi connectivity index (χ3n) is 3.72. The third kappa shape index (κ3) is 2.44. The van der Waals surface area contributed by atoms with Crippen molar-refractivity contribution >= 4 is 40.3 Å². The van der Waals surface area contributed by atoms with Gasteiger partial charge in [0, 0.05) is 11.6 Å². The van der Waals surface area contributed by atoms with E-state index in [4.69, 9.17) is 16.7 Å². The van der Waals surface area contributed by atoms with Gasteiger partial charge in [-0.25, -0.2) is 14.3 Å². The zero-order valence-corrected chi connectivity index (χ0v) is 13.1. The maximum absolute atomic E-state index is 11.0. The minimum absolute atomic E-state index is 0.195. The van der Waals surface area contributed by atoms with Crippen molar-refractivity contribution in [3.8, 4) is 0 Å². The van der Waals surface area contributed by atoms with Crippen molar-refractivity contribution in [2.45, 2.75) is 6.54 Å². The van der Waals surface area contributed by atoms with E-state index in [-0.39, 0.29) is 5.56 Å². The first kappa shape index (κ1) is 14.5. The molecule has 0 bridgehead atoms. The second-order valence-corrected chi connectivity index (χ2v) is 5.68. The average Bonchev–Trinajstić information content (AvgIpc) is 3.10. The molecular weight excluding hydrogens is 330 g/mol. The quantitative estimate of drug-likeness (QED) is 0.530. The summed E-state index contributed by atoms with van der Waals surface area (Å²) < 4.78 is 1.70. The first-order chi connectivity index (χ1) is 11.6. The molecule has 0 aliphatic carbocycles. The number of rotatable bonds is 4. The van der Waals surface area contributed by atoms with Crippen LogP contribution in [0.2, 0.25) is 5.02 Å². The Bertz CT molecular complexity index is 1070. The number of aromatic carboxylic acids is 1. The summed E-state index contributed by atoms with van der Waals surface area (Å²) in [5, 5.41) is 16.0. The van der Waals surface area contributed by atoms with Gasteiger partial charge in [-0.3, -0.25) is 5.10 Å². The van der Waals surface area contributed by atoms with E-state index in [9.17, 15) is 4.79 Å². The number of anilines is 1. The van der Waals surface area contributed by atoms with Crippen LogP contribution in [0.1, 0.15) is 15.9 Å². The van der Waals surface area contributed by atoms with Gasteiger partial charge >= 0.3 is 5.97 Å². The molecule has 0 aliphatic heterocycles. The Morgan fingerprint density at radius 1 is 1.25 bits per heavy atom. The highest BCUT2D eigenvalue weighted by atomic mass is 35.5. The number of hydrogen-bond donors (Lipinski definition) is 3. The van der Waals surface area contributed by atoms with E-state index in [1.54, 1.807) is 10.6 Å². The van der Waals surface area contributed by atoms with Gasteiger partial charge in [0.1, 0.15) is 0 Å². The number of halogens is 1. The van der Waals surface area contributed by atoms with Crippen molar-refractivity contribution < 1.29 is 9.90 Å². The molecule has 2 aromatic carbocycles. The van der Waals surface area contributed by atoms with Crippen LogP contribution in [0.25, 0.3) is 16.8 Å². The lowest BCUT2D eigenvalue weighted by atomic mass is 10.2. The number of nitrogens with one attached hydrogen (secondary N) is 2. The minimum Gasteiger partial charge on any atom is -0.478 e. The zero-order chi connectivity index (χ0) is 16.7. The third-order valence-corrected chi connectivity index (χ3v) is 4.09. The second kappa shape index (κ2) is 5.54. The van der Waals surface area contributed by atoms with E-state index >= 15 is 0 Å². The number of aromatic amines is 1. The van der Waals surface area contributed by atoms with Crippen LogP contribution in [0.4, 0.5) is 5.95 Å². The molecule has 0 fully saturated rings. The van der Waals surface area contributed by atoms with Gasteiger partial charge in [0.05, 0.1) is 16.6 Å². The topological polar surface area (TPSA) is 95.3 Å². The number of carboxylic acid groups (broad SMARTS) is 1. The average molecular weight is 342 g/mol. The molecular formula is C16H12ClN5O2. The first-order valence-electron chi connectivity index (χ1n) is 7.20. The lowest BCUT2D eigenvalue weighted by Crippen LogP contribution is -2.02. The molecule has 0 saturated carbocycles. The molecule has 2 aromatic heterocycles. The van der Waals surface area contributed by atoms with Gasteiger partial charge in [0.2, 0.25) is 5.95 Å². The number of hydrogen-bond acceptors (Lipinski definition) is 4. The van der Waals surface area contributed by atoms with Gasteiger partial charge in [0.15, 0.2) is 0 Å². The number of carboxylic acids is 1. The molecule has 0 aliphatic rings. The maximum atomic E-state index is 11.0. The highest BCUT2D eigenvalue weighted by Crippen LogP contribution is 2.19. The van der Waals surface area contributed by atoms with Gasteiger partial charge in [0.25, 0.3) is 5.78 Å². The highest BCUT2D eigenvalue weighted by Gasteiger charge is 2.12. The fourth-order valence-corrected chi connectivity index (χ4v) is 2.72. The maximum Gasteiger partial charge on any atom is 0.335 e. The number of nitrogens with zero attached hydrogens (tertiary/aromatic N) is 3. The van der Waals surface area contributed by atoms with Crippen molar-refractivity contribution in [2.24, 2.45) is 0 Å². The Morgan fingerprint density at radius 3 is 2.88 bits per heavy atom. The Morgan fingerprint density at radius 2 is 2.08 bits per heavy atom. The fourth-order valence-electron chi connectivity index (χ4n) is 2.52. The molecule has 0 saturated heterocycles. The molecule has 0 radical (unpaired) electrons. The summed E-state index contributed by atoms with van der Waals surface area (Å²) in [6, 6.07) is 12.3. The molecule has 4 rings (SSSR count). The van der Waals surface area contributed by atoms with E-state index < -0.39 is 5.97 Å². The molecule has 2 heterocycles. The summed E-state index contributed by atoms with van der Waals surface area (Å²) in [5.74, 6) is 0.0412. The Labute approximate surface area is 140 Å². The molecule has 120 valence electrons. The number of H-pyrrole nitrogens is 1. The van der Waals surface area contributed by atoms with Gasteiger partial charge in [-0.05, 0) is 29.8 Å². The van der Waals surface area contributed by atoms with Gasteiger partial charge in [-0.2, -0.15) is 4.98 Å². The highest BCUT2D eigenvalue weighted by molar-refractivity contribution is 6.31. The van der Waals surface area contributed by atoms with Crippen LogP contribution < -0.4 is 5.32 Å². The smallest absolute Gasteiger partial charge is 0.335 e. The fraction of sp³-hybridized carbons (Fsp3) is 0.0625. The Kier molecular flexibility index (Phi) is 3.35. The number of aromatic nitrogens is 4. The molecule has 0 spiro atoms. The van der Waals surface area contributed by atoms with E-state index in [1.807, 2.05) is 24.3 Å². The first-order valence-corrected chi connectivity index (χ1v) is 7.58. The molecule has 24 heavy (non-hydrogen) atoms. The van der Waals surface area contributed by atoms with Crippen LogP contribution in [0, 0.1) is 0 Å². The Hall–Kier alpha value is -3.06. The van der Waals surface area contributed by atoms with E-state index in [0.29, 0.717) is 28.8 Å². The molecule has 0 atom stereocenters. The summed E-state index contributed by atoms with van der Waals surface area (Å²) in [5.41, 5.74) is 2.49. The van der Waals surface area contributed by atoms with Gasteiger partial charge in [-0.15, -0.1) is 0 Å². The monoisotopic (exact) mass is 341 g/mol. The van der Waals surface area contributed by atoms with Crippen LogP contribution in [0.5, 0.6) is 0 Å². The standard InChI is InChI=1S/C16H12ClN5O2/c17-11-4-2-1-3-10(11)8-18-15-20-16-19-12-7-9(14(23)24)5-6-13(12)22(16)21-15/h1-7H,8H2,(H,23,24)(H2,18,19,20,21). The summed E-state index contributed by atoms with van der Waals surface area (Å²) >= 11 is 6.13. The van der Waals surface area contributed by atoms with Crippen molar-refractivity contribution in [3.63, 3.8) is 0 Å². The van der Waals surface area contributed by atoms with Crippen LogP contribution in [-0.2, 0) is 6.54 Å². The largest absolute Gasteiger partial charge is 0.478 e. The van der Waals surface area contributed by atoms with E-state index in [1.165, 1.54) is 12.1 Å². The summed E-state index contributed by atoms with van der Waals surface area (Å²) in [4.78, 5) is 19.7. The van der Waals surface area contributed by atoms with E-state index in [0.717, 1.165) is 11.1 Å². The molecule has 3 N–H and O–H groups in total. The molecule has 8 heteroatoms. The van der Waals surface area contributed by atoms with Crippen LogP contribution >= 0.6 is 11.6 Å². The minimum atomic E-state index is -0.983. The normalized spacial score (nSPS) is 11.2. The number of carbonyl (C=O) groups is 1. The van der Waals surface area contributed by atoms with Crippen LogP contribution in [0.15, 0.2) is 42.5 Å². The van der Waals surface area contributed by atoms with Crippen LogP contribution in [-0.4, -0.2) is 30.7 Å². The molecule has 4 aromatic rings. The van der Waals surface area contributed by atoms with E-state index in [2.05, 4.69) is 20.4 Å².